The number of hydrogen-bond donors (Lipinski definition) is 4. The maximum Gasteiger partial charge on any atom is 0.407 e. The van der Waals surface area contributed by atoms with Crippen LogP contribution in [0.1, 0.15) is 61.7 Å². The molecule has 10 rings (SSSR count). The Labute approximate surface area is 369 Å². The number of carboxylic acid groups (broad SMARTS) is 2. The van der Waals surface area contributed by atoms with E-state index in [9.17, 15) is 24.3 Å². The number of aromatic amines is 2. The normalized spacial score (nSPS) is 17.0. The molecule has 64 heavy (non-hydrogen) atoms. The molecule has 2 fully saturated rings. The number of carbonyl (C=O) groups is 2. The predicted molar refractivity (Wildman–Crippen MR) is 251 cm³/mol. The monoisotopic (exact) mass is 859 g/mol. The number of imidazole rings is 2. The highest BCUT2D eigenvalue weighted by molar-refractivity contribution is 6.08. The number of amides is 2. The van der Waals surface area contributed by atoms with Crippen molar-refractivity contribution in [2.75, 3.05) is 26.2 Å². The van der Waals surface area contributed by atoms with E-state index in [0.29, 0.717) is 45.3 Å². The van der Waals surface area contributed by atoms with Gasteiger partial charge < -0.3 is 30.0 Å². The van der Waals surface area contributed by atoms with Crippen LogP contribution in [-0.2, 0) is 13.1 Å². The van der Waals surface area contributed by atoms with E-state index in [-0.39, 0.29) is 29.5 Å². The number of nitrogens with zero attached hydrogens (tertiary/aromatic N) is 5. The molecule has 0 saturated carbocycles. The Morgan fingerprint density at radius 2 is 1.17 bits per heavy atom. The van der Waals surface area contributed by atoms with Crippen LogP contribution in [0.3, 0.4) is 0 Å². The third-order valence-corrected chi connectivity index (χ3v) is 13.2. The first-order chi connectivity index (χ1) is 31.2. The Morgan fingerprint density at radius 3 is 1.83 bits per heavy atom. The van der Waals surface area contributed by atoms with Crippen LogP contribution in [0.2, 0.25) is 0 Å². The van der Waals surface area contributed by atoms with Gasteiger partial charge in [-0.05, 0) is 108 Å². The Balaban J connectivity index is 0.000000227. The highest BCUT2D eigenvalue weighted by Crippen LogP contribution is 2.33. The second-order valence-corrected chi connectivity index (χ2v) is 17.1. The van der Waals surface area contributed by atoms with E-state index in [2.05, 4.69) is 93.7 Å². The van der Waals surface area contributed by atoms with Crippen LogP contribution in [0, 0.1) is 0 Å². The van der Waals surface area contributed by atoms with Gasteiger partial charge in [-0.2, -0.15) is 0 Å². The highest BCUT2D eigenvalue weighted by Gasteiger charge is 2.33. The molecular weight excluding hydrogens is 807 g/mol. The van der Waals surface area contributed by atoms with Crippen molar-refractivity contribution in [3.05, 3.63) is 166 Å². The van der Waals surface area contributed by atoms with E-state index in [0.717, 1.165) is 54.5 Å². The molecule has 2 amide bonds. The number of rotatable bonds is 10. The van der Waals surface area contributed by atoms with E-state index in [1.165, 1.54) is 37.6 Å². The number of H-pyrrole nitrogens is 2. The molecular formula is C51H53N7O6. The average molecular weight is 860 g/mol. The van der Waals surface area contributed by atoms with Crippen LogP contribution in [0.4, 0.5) is 9.59 Å². The van der Waals surface area contributed by atoms with Crippen molar-refractivity contribution in [1.29, 1.82) is 0 Å². The minimum atomic E-state index is -0.885. The summed E-state index contributed by atoms with van der Waals surface area (Å²) in [6.45, 7) is 3.81. The molecule has 13 heteroatoms. The lowest BCUT2D eigenvalue weighted by Crippen LogP contribution is -2.47. The van der Waals surface area contributed by atoms with E-state index in [1.807, 2.05) is 59.2 Å². The molecule has 2 aliphatic heterocycles. The molecule has 0 aliphatic carbocycles. The molecule has 8 aromatic rings. The minimum absolute atomic E-state index is 0.0429. The molecule has 1 unspecified atom stereocenters. The zero-order chi connectivity index (χ0) is 44.2. The molecule has 0 bridgehead atoms. The molecule has 328 valence electrons. The largest absolute Gasteiger partial charge is 0.465 e. The third-order valence-electron chi connectivity index (χ3n) is 13.2. The van der Waals surface area contributed by atoms with E-state index in [1.54, 1.807) is 9.47 Å². The number of fused-ring (bicyclic) bond motifs is 5. The van der Waals surface area contributed by atoms with Gasteiger partial charge in [0.25, 0.3) is 0 Å². The Bertz CT molecular complexity index is 3040. The topological polar surface area (TPSA) is 160 Å². The van der Waals surface area contributed by atoms with Gasteiger partial charge in [0.05, 0.1) is 22.1 Å². The fourth-order valence-corrected chi connectivity index (χ4v) is 10.1. The Morgan fingerprint density at radius 1 is 0.609 bits per heavy atom. The van der Waals surface area contributed by atoms with Gasteiger partial charge in [-0.25, -0.2) is 19.2 Å². The molecule has 13 nitrogen and oxygen atoms in total. The lowest BCUT2D eigenvalue weighted by Gasteiger charge is -2.38. The second kappa shape index (κ2) is 18.7. The van der Waals surface area contributed by atoms with Gasteiger partial charge in [-0.3, -0.25) is 14.0 Å². The maximum atomic E-state index is 13.0. The standard InChI is InChI=1S/C38H38N4O3.C13H15N3O3/c43-37-39-35-18-8-9-19-36(35)42(37)31-20-22-41(38(44)45)30(24-31)14-10-21-40(25-27-11-2-1-3-12-27)26-29-23-28-13-4-5-15-32(28)34-17-7-6-16-33(29)34;17-12-14-10-3-1-2-4-11(10)16(12)9-5-7-15(8-6-9)13(18)19/h1-9,11-13,15-19,23,30-31H,10,14,20-22,24-26H2,(H,39,43)(H,44,45);1-4,9H,5-8H2,(H,14,17)(H,18,19)/t30-,31?;/m0./s1. The maximum absolute atomic E-state index is 13.0. The van der Waals surface area contributed by atoms with Crippen molar-refractivity contribution in [3.63, 3.8) is 0 Å². The van der Waals surface area contributed by atoms with Gasteiger partial charge in [0.2, 0.25) is 0 Å². The van der Waals surface area contributed by atoms with Crippen molar-refractivity contribution in [2.45, 2.75) is 69.7 Å². The second-order valence-electron chi connectivity index (χ2n) is 17.1. The minimum Gasteiger partial charge on any atom is -0.465 e. The fraction of sp³-hybridized carbons (Fsp3) is 0.294. The van der Waals surface area contributed by atoms with Gasteiger partial charge in [-0.1, -0.05) is 103 Å². The van der Waals surface area contributed by atoms with Gasteiger partial charge in [0.1, 0.15) is 0 Å². The summed E-state index contributed by atoms with van der Waals surface area (Å²) < 4.78 is 3.60. The van der Waals surface area contributed by atoms with E-state index in [4.69, 9.17) is 5.11 Å². The first kappa shape index (κ1) is 42.2. The van der Waals surface area contributed by atoms with Crippen LogP contribution in [0.15, 0.2) is 143 Å². The van der Waals surface area contributed by atoms with Gasteiger partial charge in [-0.15, -0.1) is 0 Å². The van der Waals surface area contributed by atoms with Crippen LogP contribution >= 0.6 is 0 Å². The Kier molecular flexibility index (Phi) is 12.3. The van der Waals surface area contributed by atoms with Crippen LogP contribution in [-0.4, -0.2) is 88.4 Å². The number of nitrogens with one attached hydrogen (secondary N) is 2. The zero-order valence-electron chi connectivity index (χ0n) is 35.7. The van der Waals surface area contributed by atoms with Crippen molar-refractivity contribution < 1.29 is 19.8 Å². The smallest absolute Gasteiger partial charge is 0.407 e. The fourth-order valence-electron chi connectivity index (χ4n) is 10.1. The molecule has 4 heterocycles. The van der Waals surface area contributed by atoms with Crippen LogP contribution in [0.25, 0.3) is 43.6 Å². The van der Waals surface area contributed by atoms with Crippen molar-refractivity contribution in [3.8, 4) is 0 Å². The van der Waals surface area contributed by atoms with Gasteiger partial charge >= 0.3 is 23.6 Å². The van der Waals surface area contributed by atoms with E-state index >= 15 is 0 Å². The first-order valence-electron chi connectivity index (χ1n) is 22.2. The summed E-state index contributed by atoms with van der Waals surface area (Å²) in [5.74, 6) is 0. The molecule has 2 atom stereocenters. The van der Waals surface area contributed by atoms with Gasteiger partial charge in [0.15, 0.2) is 0 Å². The molecule has 2 aliphatic rings. The van der Waals surface area contributed by atoms with E-state index < -0.39 is 12.2 Å². The summed E-state index contributed by atoms with van der Waals surface area (Å²) in [6.07, 6.45) is 2.42. The zero-order valence-corrected chi connectivity index (χ0v) is 35.7. The lowest BCUT2D eigenvalue weighted by atomic mass is 9.93. The molecule has 2 aromatic heterocycles. The van der Waals surface area contributed by atoms with Crippen LogP contribution in [0.5, 0.6) is 0 Å². The number of benzene rings is 6. The SMILES string of the molecule is O=C(O)N1CCC(n2c(=O)[nH]c3ccccc32)CC1.O=C(O)N1CCC(n2c(=O)[nH]c3ccccc32)C[C@@H]1CCCN(Cc1ccccc1)Cc1cc2ccccc2c2ccccc12. The van der Waals surface area contributed by atoms with Crippen molar-refractivity contribution >= 4 is 55.8 Å². The Hall–Kier alpha value is -7.12. The average Bonchev–Trinajstić information content (AvgIpc) is 3.84. The first-order valence-corrected chi connectivity index (χ1v) is 22.2. The highest BCUT2D eigenvalue weighted by atomic mass is 16.4. The summed E-state index contributed by atoms with van der Waals surface area (Å²) in [7, 11) is 0. The lowest BCUT2D eigenvalue weighted by molar-refractivity contribution is 0.0853. The third kappa shape index (κ3) is 8.89. The number of para-hydroxylation sites is 4. The van der Waals surface area contributed by atoms with Crippen molar-refractivity contribution in [2.24, 2.45) is 0 Å². The quantitative estimate of drug-likeness (QED) is 0.0997. The number of likely N-dealkylation sites (tertiary alicyclic amines) is 2. The van der Waals surface area contributed by atoms with Crippen LogP contribution < -0.4 is 11.4 Å². The number of hydrogen-bond acceptors (Lipinski definition) is 5. The number of piperidine rings is 2. The summed E-state index contributed by atoms with van der Waals surface area (Å²) in [4.78, 5) is 59.4. The molecule has 0 spiro atoms. The summed E-state index contributed by atoms with van der Waals surface area (Å²) in [6, 6.07) is 45.3. The molecule has 6 aromatic carbocycles. The van der Waals surface area contributed by atoms with Gasteiger partial charge in [0, 0.05) is 50.8 Å². The number of aromatic nitrogens is 4. The predicted octanol–water partition coefficient (Wildman–Crippen LogP) is 9.45. The summed E-state index contributed by atoms with van der Waals surface area (Å²) in [5, 5.41) is 24.1. The summed E-state index contributed by atoms with van der Waals surface area (Å²) >= 11 is 0. The molecule has 0 radical (unpaired) electrons. The molecule has 4 N–H and O–H groups in total. The molecule has 2 saturated heterocycles. The summed E-state index contributed by atoms with van der Waals surface area (Å²) in [5.41, 5.74) is 5.73. The van der Waals surface area contributed by atoms with Crippen molar-refractivity contribution in [1.82, 2.24) is 33.8 Å².